The number of nitrogens with one attached hydrogen (secondary N) is 1. The van der Waals surface area contributed by atoms with Gasteiger partial charge in [0.2, 0.25) is 5.91 Å². The molecule has 2 saturated carbocycles. The Balaban J connectivity index is 1.21. The number of esters is 1. The van der Waals surface area contributed by atoms with E-state index in [1.54, 1.807) is 0 Å². The van der Waals surface area contributed by atoms with E-state index in [1.165, 1.54) is 0 Å². The third-order valence-corrected chi connectivity index (χ3v) is 6.16. The molecular formula is C22H21NO4. The summed E-state index contributed by atoms with van der Waals surface area (Å²) in [5.41, 5.74) is 1.82. The molecule has 0 spiro atoms. The average Bonchev–Trinajstić information content (AvgIpc) is 3.31. The van der Waals surface area contributed by atoms with Crippen molar-refractivity contribution in [2.75, 3.05) is 5.32 Å². The van der Waals surface area contributed by atoms with Crippen LogP contribution < -0.4 is 10.1 Å². The number of benzene rings is 2. The molecule has 5 atom stereocenters. The van der Waals surface area contributed by atoms with Crippen LogP contribution in [0.2, 0.25) is 0 Å². The quantitative estimate of drug-likeness (QED) is 0.827. The molecule has 1 saturated heterocycles. The van der Waals surface area contributed by atoms with E-state index in [2.05, 4.69) is 5.32 Å². The predicted molar refractivity (Wildman–Crippen MR) is 98.9 cm³/mol. The van der Waals surface area contributed by atoms with Gasteiger partial charge in [0.25, 0.3) is 0 Å². The lowest BCUT2D eigenvalue weighted by Crippen LogP contribution is -2.35. The summed E-state index contributed by atoms with van der Waals surface area (Å²) in [4.78, 5) is 24.9. The number of carbonyl (C=O) groups is 2. The zero-order valence-corrected chi connectivity index (χ0v) is 14.8. The van der Waals surface area contributed by atoms with E-state index in [9.17, 15) is 9.59 Å². The van der Waals surface area contributed by atoms with Crippen LogP contribution in [-0.4, -0.2) is 18.0 Å². The van der Waals surface area contributed by atoms with E-state index in [-0.39, 0.29) is 41.7 Å². The second-order valence-corrected chi connectivity index (χ2v) is 7.71. The number of carbonyl (C=O) groups excluding carboxylic acids is 2. The maximum Gasteiger partial charge on any atom is 0.310 e. The molecule has 138 valence electrons. The molecule has 2 aliphatic carbocycles. The van der Waals surface area contributed by atoms with E-state index >= 15 is 0 Å². The summed E-state index contributed by atoms with van der Waals surface area (Å²) in [5.74, 6) is 0.506. The van der Waals surface area contributed by atoms with Crippen LogP contribution in [-0.2, 0) is 20.9 Å². The highest BCUT2D eigenvalue weighted by molar-refractivity contribution is 5.97. The molecule has 3 fully saturated rings. The number of amides is 1. The van der Waals surface area contributed by atoms with Gasteiger partial charge in [0.15, 0.2) is 0 Å². The minimum absolute atomic E-state index is 0.0533. The fourth-order valence-corrected chi connectivity index (χ4v) is 4.96. The Morgan fingerprint density at radius 3 is 2.63 bits per heavy atom. The van der Waals surface area contributed by atoms with E-state index in [0.29, 0.717) is 6.61 Å². The van der Waals surface area contributed by atoms with Gasteiger partial charge in [0.1, 0.15) is 18.5 Å². The lowest BCUT2D eigenvalue weighted by atomic mass is 9.79. The smallest absolute Gasteiger partial charge is 0.310 e. The van der Waals surface area contributed by atoms with Crippen LogP contribution in [0.4, 0.5) is 5.69 Å². The molecule has 1 N–H and O–H groups in total. The number of ether oxygens (including phenoxy) is 2. The van der Waals surface area contributed by atoms with Crippen LogP contribution >= 0.6 is 0 Å². The molecule has 1 amide bonds. The molecule has 5 heteroatoms. The Hall–Kier alpha value is -2.82. The first kappa shape index (κ1) is 16.4. The summed E-state index contributed by atoms with van der Waals surface area (Å²) in [6.07, 6.45) is 1.82. The molecule has 27 heavy (non-hydrogen) atoms. The first-order valence-corrected chi connectivity index (χ1v) is 9.47. The molecule has 0 radical (unpaired) electrons. The van der Waals surface area contributed by atoms with Crippen LogP contribution in [0.5, 0.6) is 5.75 Å². The molecule has 2 bridgehead atoms. The van der Waals surface area contributed by atoms with Crippen molar-refractivity contribution in [3.05, 3.63) is 60.2 Å². The fourth-order valence-electron chi connectivity index (χ4n) is 4.96. The van der Waals surface area contributed by atoms with Crippen molar-refractivity contribution in [2.45, 2.75) is 25.6 Å². The molecule has 3 aliphatic rings. The van der Waals surface area contributed by atoms with Crippen molar-refractivity contribution in [3.63, 3.8) is 0 Å². The highest BCUT2D eigenvalue weighted by atomic mass is 16.6. The Morgan fingerprint density at radius 1 is 1.07 bits per heavy atom. The summed E-state index contributed by atoms with van der Waals surface area (Å²) in [6, 6.07) is 17.3. The molecule has 0 aromatic heterocycles. The maximum absolute atomic E-state index is 12.8. The summed E-state index contributed by atoms with van der Waals surface area (Å²) >= 11 is 0. The van der Waals surface area contributed by atoms with Crippen LogP contribution in [0.3, 0.4) is 0 Å². The number of hydrogen-bond donors (Lipinski definition) is 1. The summed E-state index contributed by atoms with van der Waals surface area (Å²) in [5, 5.41) is 2.97. The van der Waals surface area contributed by atoms with Gasteiger partial charge in [-0.15, -0.1) is 0 Å². The minimum Gasteiger partial charge on any atom is -0.489 e. The van der Waals surface area contributed by atoms with Crippen molar-refractivity contribution >= 4 is 17.6 Å². The predicted octanol–water partition coefficient (Wildman–Crippen LogP) is 3.40. The second kappa shape index (κ2) is 6.41. The van der Waals surface area contributed by atoms with Gasteiger partial charge in [-0.25, -0.2) is 0 Å². The van der Waals surface area contributed by atoms with Crippen LogP contribution in [0, 0.1) is 23.7 Å². The summed E-state index contributed by atoms with van der Waals surface area (Å²) in [6.45, 7) is 0.503. The standard InChI is InChI=1S/C22H21NO4/c24-21(19-14-10-17-18(11-14)27-22(25)20(17)19)23-15-6-8-16(9-7-15)26-12-13-4-2-1-3-5-13/h1-9,14,17-20H,10-12H2,(H,23,24)/t14-,17+,18-,19+,20+/m1/s1. The third-order valence-electron chi connectivity index (χ3n) is 6.16. The van der Waals surface area contributed by atoms with E-state index in [0.717, 1.165) is 29.8 Å². The first-order valence-electron chi connectivity index (χ1n) is 9.47. The molecule has 5 rings (SSSR count). The van der Waals surface area contributed by atoms with E-state index < -0.39 is 0 Å². The number of rotatable bonds is 5. The van der Waals surface area contributed by atoms with Gasteiger partial charge >= 0.3 is 5.97 Å². The molecule has 5 nitrogen and oxygen atoms in total. The Bertz CT molecular complexity index is 862. The van der Waals surface area contributed by atoms with Gasteiger partial charge in [-0.3, -0.25) is 9.59 Å². The fraction of sp³-hybridized carbons (Fsp3) is 0.364. The normalized spacial score (nSPS) is 30.2. The second-order valence-electron chi connectivity index (χ2n) is 7.71. The van der Waals surface area contributed by atoms with Crippen molar-refractivity contribution in [3.8, 4) is 5.75 Å². The zero-order chi connectivity index (χ0) is 18.4. The molecule has 1 heterocycles. The lowest BCUT2D eigenvalue weighted by Gasteiger charge is -2.23. The topological polar surface area (TPSA) is 64.6 Å². The Labute approximate surface area is 157 Å². The van der Waals surface area contributed by atoms with Gasteiger partial charge in [-0.1, -0.05) is 30.3 Å². The highest BCUT2D eigenvalue weighted by Gasteiger charge is 2.63. The summed E-state index contributed by atoms with van der Waals surface area (Å²) in [7, 11) is 0. The number of fused-ring (bicyclic) bond motifs is 1. The SMILES string of the molecule is O=C(Nc1ccc(OCc2ccccc2)cc1)[C@H]1[C@@H]2C[C@@H]3[C@@H]1C(=O)O[C@@H]3C2. The molecule has 0 unspecified atom stereocenters. The zero-order valence-electron chi connectivity index (χ0n) is 14.8. The Morgan fingerprint density at radius 2 is 1.85 bits per heavy atom. The van der Waals surface area contributed by atoms with Crippen molar-refractivity contribution in [1.29, 1.82) is 0 Å². The van der Waals surface area contributed by atoms with Crippen molar-refractivity contribution < 1.29 is 19.1 Å². The molecule has 1 aliphatic heterocycles. The molecule has 2 aromatic carbocycles. The van der Waals surface area contributed by atoms with Crippen LogP contribution in [0.15, 0.2) is 54.6 Å². The van der Waals surface area contributed by atoms with Gasteiger partial charge < -0.3 is 14.8 Å². The average molecular weight is 363 g/mol. The first-order chi connectivity index (χ1) is 13.2. The van der Waals surface area contributed by atoms with E-state index in [4.69, 9.17) is 9.47 Å². The van der Waals surface area contributed by atoms with E-state index in [1.807, 2.05) is 54.6 Å². The van der Waals surface area contributed by atoms with Crippen LogP contribution in [0.25, 0.3) is 0 Å². The van der Waals surface area contributed by atoms with Crippen molar-refractivity contribution in [2.24, 2.45) is 23.7 Å². The molecule has 2 aromatic rings. The highest BCUT2D eigenvalue weighted by Crippen LogP contribution is 2.57. The number of anilines is 1. The lowest BCUT2D eigenvalue weighted by molar-refractivity contribution is -0.145. The van der Waals surface area contributed by atoms with Gasteiger partial charge in [-0.05, 0) is 48.6 Å². The van der Waals surface area contributed by atoms with Gasteiger partial charge in [0, 0.05) is 11.6 Å². The summed E-state index contributed by atoms with van der Waals surface area (Å²) < 4.78 is 11.2. The monoisotopic (exact) mass is 363 g/mol. The van der Waals surface area contributed by atoms with Crippen LogP contribution in [0.1, 0.15) is 18.4 Å². The minimum atomic E-state index is -0.254. The number of hydrogen-bond acceptors (Lipinski definition) is 4. The van der Waals surface area contributed by atoms with Gasteiger partial charge in [0.05, 0.1) is 11.8 Å². The van der Waals surface area contributed by atoms with Gasteiger partial charge in [-0.2, -0.15) is 0 Å². The third kappa shape index (κ3) is 2.87. The Kier molecular flexibility index (Phi) is 3.88. The van der Waals surface area contributed by atoms with Crippen molar-refractivity contribution in [1.82, 2.24) is 0 Å². The molecular weight excluding hydrogens is 342 g/mol. The maximum atomic E-state index is 12.8. The largest absolute Gasteiger partial charge is 0.489 e.